The summed E-state index contributed by atoms with van der Waals surface area (Å²) in [5.74, 6) is 2.74. The maximum atomic E-state index is 5.56. The van der Waals surface area contributed by atoms with Crippen LogP contribution in [0.25, 0.3) is 16.2 Å². The molecule has 1 aliphatic heterocycles. The van der Waals surface area contributed by atoms with E-state index in [0.29, 0.717) is 0 Å². The first-order valence-electron chi connectivity index (χ1n) is 8.74. The highest BCUT2D eigenvalue weighted by Gasteiger charge is 2.18. The van der Waals surface area contributed by atoms with Gasteiger partial charge in [0.2, 0.25) is 0 Å². The van der Waals surface area contributed by atoms with E-state index in [4.69, 9.17) is 14.5 Å². The van der Waals surface area contributed by atoms with Crippen molar-refractivity contribution < 1.29 is 9.47 Å². The minimum absolute atomic E-state index is 0.822. The maximum Gasteiger partial charge on any atom is 0.196 e. The largest absolute Gasteiger partial charge is 0.497 e. The fraction of sp³-hybridized carbons (Fsp3) is 0.421. The van der Waals surface area contributed by atoms with Gasteiger partial charge in [0.15, 0.2) is 4.96 Å². The highest BCUT2D eigenvalue weighted by molar-refractivity contribution is 7.15. The molecule has 1 aliphatic rings. The number of imidazole rings is 1. The zero-order valence-electron chi connectivity index (χ0n) is 14.7. The standard InChI is InChI=1S/C19H23N3O2S/c1-23-14-7-8-17(24-2)15(11-14)16-13-25-19-20-18(12-22(16)19)21-9-5-3-4-6-10-21/h7-8,11-13H,3-6,9-10H2,1-2H3. The second-order valence-electron chi connectivity index (χ2n) is 6.34. The highest BCUT2D eigenvalue weighted by atomic mass is 32.1. The first-order valence-corrected chi connectivity index (χ1v) is 9.62. The van der Waals surface area contributed by atoms with Gasteiger partial charge in [-0.1, -0.05) is 12.8 Å². The SMILES string of the molecule is COc1ccc(OC)c(-c2csc3nc(N4CCCCCC4)cn23)c1. The molecule has 5 nitrogen and oxygen atoms in total. The predicted octanol–water partition coefficient (Wildman–Crippen LogP) is 4.46. The second kappa shape index (κ2) is 6.96. The first-order chi connectivity index (χ1) is 12.3. The van der Waals surface area contributed by atoms with Crippen molar-refractivity contribution >= 4 is 22.1 Å². The summed E-state index contributed by atoms with van der Waals surface area (Å²) < 4.78 is 13.1. The minimum atomic E-state index is 0.822. The molecule has 1 aromatic carbocycles. The molecule has 3 aromatic rings. The lowest BCUT2D eigenvalue weighted by Gasteiger charge is -2.19. The third-order valence-electron chi connectivity index (χ3n) is 4.81. The molecule has 0 unspecified atom stereocenters. The van der Waals surface area contributed by atoms with Crippen molar-refractivity contribution in [3.05, 3.63) is 29.8 Å². The molecule has 0 atom stereocenters. The molecule has 0 N–H and O–H groups in total. The molecular formula is C19H23N3O2S. The van der Waals surface area contributed by atoms with Crippen molar-refractivity contribution in [3.63, 3.8) is 0 Å². The highest BCUT2D eigenvalue weighted by Crippen LogP contribution is 2.36. The molecule has 0 amide bonds. The Kier molecular flexibility index (Phi) is 4.53. The summed E-state index contributed by atoms with van der Waals surface area (Å²) in [5, 5.41) is 2.13. The van der Waals surface area contributed by atoms with Crippen LogP contribution in [0.15, 0.2) is 29.8 Å². The van der Waals surface area contributed by atoms with Gasteiger partial charge < -0.3 is 14.4 Å². The molecule has 6 heteroatoms. The van der Waals surface area contributed by atoms with Crippen LogP contribution < -0.4 is 14.4 Å². The van der Waals surface area contributed by atoms with Crippen molar-refractivity contribution in [3.8, 4) is 22.8 Å². The summed E-state index contributed by atoms with van der Waals surface area (Å²) in [6.45, 7) is 2.20. The number of fused-ring (bicyclic) bond motifs is 1. The van der Waals surface area contributed by atoms with Crippen LogP contribution in [0.2, 0.25) is 0 Å². The van der Waals surface area contributed by atoms with Gasteiger partial charge in [0, 0.05) is 24.0 Å². The Labute approximate surface area is 151 Å². The number of hydrogen-bond donors (Lipinski definition) is 0. The number of hydrogen-bond acceptors (Lipinski definition) is 5. The van der Waals surface area contributed by atoms with Crippen LogP contribution in [0.3, 0.4) is 0 Å². The van der Waals surface area contributed by atoms with Gasteiger partial charge >= 0.3 is 0 Å². The molecule has 0 spiro atoms. The van der Waals surface area contributed by atoms with E-state index in [1.54, 1.807) is 25.6 Å². The second-order valence-corrected chi connectivity index (χ2v) is 7.18. The Morgan fingerprint density at radius 3 is 2.56 bits per heavy atom. The van der Waals surface area contributed by atoms with Gasteiger partial charge in [0.05, 0.1) is 26.1 Å². The van der Waals surface area contributed by atoms with Gasteiger partial charge in [0.25, 0.3) is 0 Å². The van der Waals surface area contributed by atoms with E-state index >= 15 is 0 Å². The maximum absolute atomic E-state index is 5.56. The van der Waals surface area contributed by atoms with Crippen molar-refractivity contribution in [2.24, 2.45) is 0 Å². The molecule has 2 aromatic heterocycles. The number of nitrogens with zero attached hydrogens (tertiary/aromatic N) is 3. The van der Waals surface area contributed by atoms with Crippen LogP contribution in [0, 0.1) is 0 Å². The van der Waals surface area contributed by atoms with E-state index in [1.165, 1.54) is 25.7 Å². The van der Waals surface area contributed by atoms with Gasteiger partial charge in [-0.05, 0) is 31.0 Å². The number of rotatable bonds is 4. The molecule has 0 bridgehead atoms. The monoisotopic (exact) mass is 357 g/mol. The number of aromatic nitrogens is 2. The third-order valence-corrected chi connectivity index (χ3v) is 5.65. The molecule has 1 saturated heterocycles. The zero-order valence-corrected chi connectivity index (χ0v) is 15.5. The fourth-order valence-corrected chi connectivity index (χ4v) is 4.30. The van der Waals surface area contributed by atoms with Crippen LogP contribution in [-0.4, -0.2) is 36.7 Å². The summed E-state index contributed by atoms with van der Waals surface area (Å²) in [7, 11) is 3.38. The van der Waals surface area contributed by atoms with Gasteiger partial charge in [0.1, 0.15) is 17.3 Å². The van der Waals surface area contributed by atoms with E-state index in [2.05, 4.69) is 20.9 Å². The number of ether oxygens (including phenoxy) is 2. The topological polar surface area (TPSA) is 39.0 Å². The molecule has 0 saturated carbocycles. The lowest BCUT2D eigenvalue weighted by Crippen LogP contribution is -2.24. The van der Waals surface area contributed by atoms with Crippen LogP contribution in [0.4, 0.5) is 5.82 Å². The molecule has 0 radical (unpaired) electrons. The molecule has 0 aliphatic carbocycles. The summed E-state index contributed by atoms with van der Waals surface area (Å²) >= 11 is 1.66. The van der Waals surface area contributed by atoms with Gasteiger partial charge in [-0.3, -0.25) is 4.40 Å². The average molecular weight is 357 g/mol. The molecular weight excluding hydrogens is 334 g/mol. The molecule has 25 heavy (non-hydrogen) atoms. The van der Waals surface area contributed by atoms with Crippen molar-refractivity contribution in [1.29, 1.82) is 0 Å². The number of thiazole rings is 1. The number of anilines is 1. The van der Waals surface area contributed by atoms with E-state index in [-0.39, 0.29) is 0 Å². The minimum Gasteiger partial charge on any atom is -0.497 e. The quantitative estimate of drug-likeness (QED) is 0.691. The summed E-state index contributed by atoms with van der Waals surface area (Å²) in [4.78, 5) is 8.29. The van der Waals surface area contributed by atoms with Crippen molar-refractivity contribution in [1.82, 2.24) is 9.38 Å². The van der Waals surface area contributed by atoms with Crippen LogP contribution in [0.1, 0.15) is 25.7 Å². The Morgan fingerprint density at radius 2 is 1.84 bits per heavy atom. The van der Waals surface area contributed by atoms with Crippen LogP contribution in [0.5, 0.6) is 11.5 Å². The Hall–Kier alpha value is -2.21. The third kappa shape index (κ3) is 3.06. The Morgan fingerprint density at radius 1 is 1.04 bits per heavy atom. The first kappa shape index (κ1) is 16.3. The lowest BCUT2D eigenvalue weighted by molar-refractivity contribution is 0.404. The zero-order chi connectivity index (χ0) is 17.2. The summed E-state index contributed by atoms with van der Waals surface area (Å²) in [5.41, 5.74) is 2.11. The van der Waals surface area contributed by atoms with Crippen molar-refractivity contribution in [2.45, 2.75) is 25.7 Å². The van der Waals surface area contributed by atoms with E-state index in [1.807, 2.05) is 18.2 Å². The Bertz CT molecular complexity index is 863. The number of methoxy groups -OCH3 is 2. The normalized spacial score (nSPS) is 15.4. The summed E-state index contributed by atoms with van der Waals surface area (Å²) in [6.07, 6.45) is 7.31. The predicted molar refractivity (Wildman–Crippen MR) is 102 cm³/mol. The fourth-order valence-electron chi connectivity index (χ4n) is 3.43. The molecule has 4 rings (SSSR count). The smallest absolute Gasteiger partial charge is 0.196 e. The van der Waals surface area contributed by atoms with Gasteiger partial charge in [-0.15, -0.1) is 11.3 Å². The van der Waals surface area contributed by atoms with Gasteiger partial charge in [-0.2, -0.15) is 0 Å². The summed E-state index contributed by atoms with van der Waals surface area (Å²) in [6, 6.07) is 5.89. The molecule has 1 fully saturated rings. The van der Waals surface area contributed by atoms with E-state index in [9.17, 15) is 0 Å². The average Bonchev–Trinajstić information content (AvgIpc) is 3.11. The van der Waals surface area contributed by atoms with Crippen LogP contribution >= 0.6 is 11.3 Å². The van der Waals surface area contributed by atoms with E-state index in [0.717, 1.165) is 46.6 Å². The van der Waals surface area contributed by atoms with E-state index < -0.39 is 0 Å². The van der Waals surface area contributed by atoms with Crippen LogP contribution in [-0.2, 0) is 0 Å². The lowest BCUT2D eigenvalue weighted by atomic mass is 10.1. The van der Waals surface area contributed by atoms with Gasteiger partial charge in [-0.25, -0.2) is 4.98 Å². The molecule has 3 heterocycles. The Balaban J connectivity index is 1.76. The molecule has 132 valence electrons. The van der Waals surface area contributed by atoms with Crippen molar-refractivity contribution in [2.75, 3.05) is 32.2 Å². The number of benzene rings is 1.